The Labute approximate surface area is 98.5 Å². The zero-order valence-electron chi connectivity index (χ0n) is 8.52. The number of esters is 1. The van der Waals surface area contributed by atoms with Gasteiger partial charge in [0.05, 0.1) is 12.9 Å². The molecule has 0 aliphatic rings. The van der Waals surface area contributed by atoms with E-state index >= 15 is 0 Å². The molecule has 0 heterocycles. The standard InChI is InChI=1S/C7H15O3PS3/c1-4-10-11(3,12)14-6-13-5-7(8)9-2/h4-6H2,1-3H3. The summed E-state index contributed by atoms with van der Waals surface area (Å²) < 4.78 is 9.93. The summed E-state index contributed by atoms with van der Waals surface area (Å²) in [6.45, 7) is 4.55. The van der Waals surface area contributed by atoms with Gasteiger partial charge in [0.2, 0.25) is 0 Å². The van der Waals surface area contributed by atoms with Gasteiger partial charge in [0.25, 0.3) is 0 Å². The molecule has 0 amide bonds. The highest BCUT2D eigenvalue weighted by molar-refractivity contribution is 8.70. The summed E-state index contributed by atoms with van der Waals surface area (Å²) in [6, 6.07) is 0. The molecule has 1 unspecified atom stereocenters. The molecule has 1 atom stereocenters. The highest BCUT2D eigenvalue weighted by Gasteiger charge is 2.10. The van der Waals surface area contributed by atoms with Gasteiger partial charge in [-0.1, -0.05) is 23.2 Å². The molecule has 0 saturated carbocycles. The Morgan fingerprint density at radius 1 is 1.57 bits per heavy atom. The van der Waals surface area contributed by atoms with Crippen LogP contribution < -0.4 is 0 Å². The van der Waals surface area contributed by atoms with Crippen LogP contribution in [0.1, 0.15) is 6.92 Å². The zero-order chi connectivity index (χ0) is 11.0. The Kier molecular flexibility index (Phi) is 8.44. The van der Waals surface area contributed by atoms with E-state index in [2.05, 4.69) is 4.74 Å². The molecule has 0 aromatic rings. The van der Waals surface area contributed by atoms with Crippen LogP contribution in [0.15, 0.2) is 0 Å². The number of methoxy groups -OCH3 is 1. The lowest BCUT2D eigenvalue weighted by molar-refractivity contribution is -0.137. The first-order valence-corrected chi connectivity index (χ1v) is 9.94. The predicted molar refractivity (Wildman–Crippen MR) is 68.8 cm³/mol. The quantitative estimate of drug-likeness (QED) is 0.307. The molecule has 3 nitrogen and oxygen atoms in total. The molecule has 0 aromatic carbocycles. The normalized spacial score (nSPS) is 14.8. The summed E-state index contributed by atoms with van der Waals surface area (Å²) in [4.78, 5) is 10.8. The molecule has 0 fully saturated rings. The maximum Gasteiger partial charge on any atom is 0.315 e. The van der Waals surface area contributed by atoms with Gasteiger partial charge in [0.1, 0.15) is 5.47 Å². The molecule has 0 N–H and O–H groups in total. The van der Waals surface area contributed by atoms with Crippen molar-refractivity contribution in [1.82, 2.24) is 0 Å². The van der Waals surface area contributed by atoms with E-state index in [0.29, 0.717) is 12.4 Å². The molecular formula is C7H15O3PS3. The summed E-state index contributed by atoms with van der Waals surface area (Å²) in [6.07, 6.45) is 0. The monoisotopic (exact) mass is 274 g/mol. The number of hydrogen-bond acceptors (Lipinski definition) is 6. The Balaban J connectivity index is 3.53. The van der Waals surface area contributed by atoms with Crippen LogP contribution in [0, 0.1) is 0 Å². The summed E-state index contributed by atoms with van der Waals surface area (Å²) in [7, 11) is 1.39. The summed E-state index contributed by atoms with van der Waals surface area (Å²) in [5.74, 6) is 0.182. The number of hydrogen-bond donors (Lipinski definition) is 0. The molecule has 0 aromatic heterocycles. The van der Waals surface area contributed by atoms with E-state index in [-0.39, 0.29) is 5.97 Å². The molecule has 0 bridgehead atoms. The smallest absolute Gasteiger partial charge is 0.315 e. The van der Waals surface area contributed by atoms with Gasteiger partial charge >= 0.3 is 5.97 Å². The maximum absolute atomic E-state index is 10.8. The van der Waals surface area contributed by atoms with Crippen LogP contribution in [0.2, 0.25) is 0 Å². The van der Waals surface area contributed by atoms with Gasteiger partial charge in [-0.3, -0.25) is 4.79 Å². The molecule has 0 aliphatic carbocycles. The van der Waals surface area contributed by atoms with Crippen molar-refractivity contribution in [2.45, 2.75) is 6.92 Å². The maximum atomic E-state index is 10.8. The van der Waals surface area contributed by atoms with Crippen LogP contribution in [-0.4, -0.2) is 37.2 Å². The average Bonchev–Trinajstić information content (AvgIpc) is 2.12. The highest BCUT2D eigenvalue weighted by atomic mass is 32.9. The average molecular weight is 274 g/mol. The minimum absolute atomic E-state index is 0.198. The third-order valence-corrected chi connectivity index (χ3v) is 7.84. The second kappa shape index (κ2) is 7.99. The van der Waals surface area contributed by atoms with E-state index in [1.165, 1.54) is 18.9 Å². The fourth-order valence-corrected chi connectivity index (χ4v) is 7.23. The fourth-order valence-electron chi connectivity index (χ4n) is 0.589. The molecule has 84 valence electrons. The molecule has 0 aliphatic heterocycles. The van der Waals surface area contributed by atoms with Gasteiger partial charge < -0.3 is 9.26 Å². The molecule has 7 heteroatoms. The van der Waals surface area contributed by atoms with Crippen molar-refractivity contribution >= 4 is 46.4 Å². The first-order valence-electron chi connectivity index (χ1n) is 4.03. The Bertz CT molecular complexity index is 222. The van der Waals surface area contributed by atoms with E-state index in [4.69, 9.17) is 16.3 Å². The number of carbonyl (C=O) groups is 1. The SMILES string of the molecule is CCOP(C)(=S)SCSCC(=O)OC. The van der Waals surface area contributed by atoms with Crippen LogP contribution in [0.5, 0.6) is 0 Å². The van der Waals surface area contributed by atoms with E-state index < -0.39 is 5.47 Å². The van der Waals surface area contributed by atoms with Crippen LogP contribution in [-0.2, 0) is 25.9 Å². The number of ether oxygens (including phenoxy) is 1. The lowest BCUT2D eigenvalue weighted by Gasteiger charge is -2.14. The third kappa shape index (κ3) is 8.12. The van der Waals surface area contributed by atoms with Crippen molar-refractivity contribution in [3.05, 3.63) is 0 Å². The zero-order valence-corrected chi connectivity index (χ0v) is 11.9. The van der Waals surface area contributed by atoms with Crippen LogP contribution in [0.3, 0.4) is 0 Å². The lowest BCUT2D eigenvalue weighted by atomic mass is 10.8. The van der Waals surface area contributed by atoms with Gasteiger partial charge in [0, 0.05) is 11.7 Å². The van der Waals surface area contributed by atoms with Crippen molar-refractivity contribution in [2.24, 2.45) is 0 Å². The largest absolute Gasteiger partial charge is 0.468 e. The molecule has 0 spiro atoms. The minimum Gasteiger partial charge on any atom is -0.468 e. The first-order chi connectivity index (χ1) is 6.52. The van der Waals surface area contributed by atoms with Gasteiger partial charge in [0.15, 0.2) is 0 Å². The van der Waals surface area contributed by atoms with Crippen molar-refractivity contribution in [3.63, 3.8) is 0 Å². The van der Waals surface area contributed by atoms with Gasteiger partial charge in [-0.2, -0.15) is 0 Å². The number of rotatable bonds is 7. The van der Waals surface area contributed by atoms with Crippen LogP contribution in [0.4, 0.5) is 0 Å². The summed E-state index contributed by atoms with van der Waals surface area (Å²) in [5, 5.41) is 0.781. The second-order valence-electron chi connectivity index (χ2n) is 2.36. The van der Waals surface area contributed by atoms with Crippen molar-refractivity contribution in [3.8, 4) is 0 Å². The van der Waals surface area contributed by atoms with E-state index in [1.54, 1.807) is 11.4 Å². The Morgan fingerprint density at radius 2 is 2.21 bits per heavy atom. The van der Waals surface area contributed by atoms with Gasteiger partial charge in [-0.25, -0.2) is 0 Å². The number of thioether (sulfide) groups is 1. The summed E-state index contributed by atoms with van der Waals surface area (Å²) in [5.41, 5.74) is -1.68. The predicted octanol–water partition coefficient (Wildman–Crippen LogP) is 2.56. The van der Waals surface area contributed by atoms with Crippen molar-refractivity contribution < 1.29 is 14.1 Å². The molecule has 0 saturated heterocycles. The fraction of sp³-hybridized carbons (Fsp3) is 0.857. The Hall–Kier alpha value is 0.780. The highest BCUT2D eigenvalue weighted by Crippen LogP contribution is 2.57. The second-order valence-corrected chi connectivity index (χ2v) is 11.7. The van der Waals surface area contributed by atoms with Crippen LogP contribution in [0.25, 0.3) is 0 Å². The van der Waals surface area contributed by atoms with Gasteiger partial charge in [-0.15, -0.1) is 11.8 Å². The molecule has 0 radical (unpaired) electrons. The lowest BCUT2D eigenvalue weighted by Crippen LogP contribution is -2.03. The molecule has 14 heavy (non-hydrogen) atoms. The van der Waals surface area contributed by atoms with Gasteiger partial charge in [-0.05, 0) is 13.6 Å². The molecular weight excluding hydrogens is 259 g/mol. The van der Waals surface area contributed by atoms with E-state index in [1.807, 2.05) is 13.6 Å². The van der Waals surface area contributed by atoms with Crippen molar-refractivity contribution in [2.75, 3.05) is 31.2 Å². The third-order valence-electron chi connectivity index (χ3n) is 1.18. The summed E-state index contributed by atoms with van der Waals surface area (Å²) >= 11 is 8.40. The first kappa shape index (κ1) is 14.8. The topological polar surface area (TPSA) is 35.5 Å². The van der Waals surface area contributed by atoms with Crippen LogP contribution >= 0.6 is 28.6 Å². The number of carbonyl (C=O) groups excluding carboxylic acids is 1. The van der Waals surface area contributed by atoms with E-state index in [9.17, 15) is 4.79 Å². The minimum atomic E-state index is -1.68. The van der Waals surface area contributed by atoms with Crippen molar-refractivity contribution in [1.29, 1.82) is 0 Å². The molecule has 0 rings (SSSR count). The Morgan fingerprint density at radius 3 is 2.71 bits per heavy atom. The van der Waals surface area contributed by atoms with E-state index in [0.717, 1.165) is 5.08 Å².